The number of imidazole rings is 1. The normalized spacial score (nSPS) is 14.3. The van der Waals surface area contributed by atoms with Crippen molar-refractivity contribution in [2.24, 2.45) is 5.92 Å². The van der Waals surface area contributed by atoms with Crippen molar-refractivity contribution in [3.8, 4) is 17.5 Å². The van der Waals surface area contributed by atoms with Gasteiger partial charge in [-0.2, -0.15) is 18.4 Å². The molecule has 166 valence electrons. The second kappa shape index (κ2) is 7.95. The standard InChI is InChI=1S/C19H17F3N8O2/c1-10-27-14(8-30(10)9-19(20,21)22)13-4-25-17-16(28-13)12(3-24-17)18(32)26-5-15(31)29-6-11(2-23)7-29/h3-4,8,11H,5-7,9H2,1H3,(H,24,25)(H,26,32). The fourth-order valence-corrected chi connectivity index (χ4v) is 3.30. The van der Waals surface area contributed by atoms with Crippen LogP contribution in [0.4, 0.5) is 13.2 Å². The molecule has 0 radical (unpaired) electrons. The number of halogens is 3. The number of fused-ring (bicyclic) bond motifs is 1. The molecule has 4 rings (SSSR count). The van der Waals surface area contributed by atoms with Crippen molar-refractivity contribution in [3.05, 3.63) is 30.0 Å². The van der Waals surface area contributed by atoms with Gasteiger partial charge in [0.1, 0.15) is 29.3 Å². The van der Waals surface area contributed by atoms with E-state index < -0.39 is 18.6 Å². The number of carbonyl (C=O) groups excluding carboxylic acids is 2. The molecule has 0 spiro atoms. The van der Waals surface area contributed by atoms with E-state index in [0.717, 1.165) is 4.57 Å². The summed E-state index contributed by atoms with van der Waals surface area (Å²) in [6.07, 6.45) is -0.436. The molecule has 10 nitrogen and oxygen atoms in total. The lowest BCUT2D eigenvalue weighted by Crippen LogP contribution is -2.52. The molecule has 2 N–H and O–H groups in total. The Balaban J connectivity index is 1.51. The van der Waals surface area contributed by atoms with E-state index in [1.54, 1.807) is 0 Å². The number of H-pyrrole nitrogens is 1. The van der Waals surface area contributed by atoms with E-state index in [0.29, 0.717) is 18.7 Å². The number of likely N-dealkylation sites (tertiary alicyclic amines) is 1. The number of hydrogen-bond donors (Lipinski definition) is 2. The molecule has 0 atom stereocenters. The number of alkyl halides is 3. The van der Waals surface area contributed by atoms with Gasteiger partial charge in [0.25, 0.3) is 5.91 Å². The Morgan fingerprint density at radius 1 is 1.31 bits per heavy atom. The molecule has 3 aromatic heterocycles. The van der Waals surface area contributed by atoms with E-state index in [9.17, 15) is 22.8 Å². The van der Waals surface area contributed by atoms with Crippen molar-refractivity contribution in [1.29, 1.82) is 5.26 Å². The van der Waals surface area contributed by atoms with Crippen LogP contribution in [0.1, 0.15) is 16.2 Å². The number of aromatic amines is 1. The van der Waals surface area contributed by atoms with Gasteiger partial charge in [-0.3, -0.25) is 9.59 Å². The summed E-state index contributed by atoms with van der Waals surface area (Å²) < 4.78 is 39.1. The van der Waals surface area contributed by atoms with Crippen LogP contribution in [0, 0.1) is 24.2 Å². The van der Waals surface area contributed by atoms with Gasteiger partial charge in [-0.1, -0.05) is 0 Å². The van der Waals surface area contributed by atoms with Gasteiger partial charge in [-0.25, -0.2) is 15.0 Å². The second-order valence-corrected chi connectivity index (χ2v) is 7.38. The lowest BCUT2D eigenvalue weighted by Gasteiger charge is -2.35. The summed E-state index contributed by atoms with van der Waals surface area (Å²) in [7, 11) is 0. The van der Waals surface area contributed by atoms with Gasteiger partial charge < -0.3 is 19.8 Å². The quantitative estimate of drug-likeness (QED) is 0.609. The zero-order chi connectivity index (χ0) is 23.0. The highest BCUT2D eigenvalue weighted by Gasteiger charge is 2.31. The highest BCUT2D eigenvalue weighted by molar-refractivity contribution is 6.05. The first kappa shape index (κ1) is 21.3. The molecule has 3 aromatic rings. The molecule has 0 aliphatic carbocycles. The lowest BCUT2D eigenvalue weighted by atomic mass is 10.0. The fourth-order valence-electron chi connectivity index (χ4n) is 3.30. The summed E-state index contributed by atoms with van der Waals surface area (Å²) in [5.74, 6) is -0.885. The van der Waals surface area contributed by atoms with E-state index in [4.69, 9.17) is 5.26 Å². The minimum absolute atomic E-state index is 0.132. The topological polar surface area (TPSA) is 133 Å². The number of carbonyl (C=O) groups is 2. The third kappa shape index (κ3) is 4.25. The number of aryl methyl sites for hydroxylation is 1. The molecule has 2 amide bonds. The highest BCUT2D eigenvalue weighted by atomic mass is 19.4. The number of nitrogens with one attached hydrogen (secondary N) is 2. The second-order valence-electron chi connectivity index (χ2n) is 7.38. The number of amides is 2. The summed E-state index contributed by atoms with van der Waals surface area (Å²) in [4.78, 5) is 41.5. The van der Waals surface area contributed by atoms with Crippen LogP contribution in [0.5, 0.6) is 0 Å². The van der Waals surface area contributed by atoms with Crippen molar-refractivity contribution >= 4 is 23.0 Å². The summed E-state index contributed by atoms with van der Waals surface area (Å²) in [6.45, 7) is 0.711. The Morgan fingerprint density at radius 2 is 2.06 bits per heavy atom. The highest BCUT2D eigenvalue weighted by Crippen LogP contribution is 2.24. The zero-order valence-electron chi connectivity index (χ0n) is 16.8. The summed E-state index contributed by atoms with van der Waals surface area (Å²) in [5, 5.41) is 11.3. The number of hydrogen-bond acceptors (Lipinski definition) is 6. The SMILES string of the molecule is Cc1nc(-c2cnc3[nH]cc(C(=O)NCC(=O)N4CC(C#N)C4)c3n2)cn1CC(F)(F)F. The Bertz CT molecular complexity index is 1230. The van der Waals surface area contributed by atoms with Gasteiger partial charge in [-0.05, 0) is 6.92 Å². The van der Waals surface area contributed by atoms with Crippen molar-refractivity contribution < 1.29 is 22.8 Å². The molecule has 1 saturated heterocycles. The first-order valence-corrected chi connectivity index (χ1v) is 9.55. The van der Waals surface area contributed by atoms with Gasteiger partial charge in [-0.15, -0.1) is 0 Å². The molecular formula is C19H17F3N8O2. The Hall–Kier alpha value is -3.95. The van der Waals surface area contributed by atoms with Gasteiger partial charge >= 0.3 is 6.18 Å². The molecule has 0 saturated carbocycles. The van der Waals surface area contributed by atoms with E-state index in [2.05, 4.69) is 31.3 Å². The van der Waals surface area contributed by atoms with Crippen LogP contribution in [0.15, 0.2) is 18.6 Å². The van der Waals surface area contributed by atoms with E-state index in [1.807, 2.05) is 0 Å². The molecular weight excluding hydrogens is 429 g/mol. The average molecular weight is 446 g/mol. The largest absolute Gasteiger partial charge is 0.406 e. The van der Waals surface area contributed by atoms with Crippen LogP contribution in [0.25, 0.3) is 22.6 Å². The maximum atomic E-state index is 12.7. The van der Waals surface area contributed by atoms with Crippen LogP contribution in [0.2, 0.25) is 0 Å². The van der Waals surface area contributed by atoms with Crippen LogP contribution >= 0.6 is 0 Å². The maximum absolute atomic E-state index is 12.7. The van der Waals surface area contributed by atoms with E-state index in [-0.39, 0.29) is 46.7 Å². The summed E-state index contributed by atoms with van der Waals surface area (Å²) in [5.41, 5.74) is 1.02. The van der Waals surface area contributed by atoms with Crippen LogP contribution in [0.3, 0.4) is 0 Å². The number of nitrogens with zero attached hydrogens (tertiary/aromatic N) is 6. The van der Waals surface area contributed by atoms with E-state index >= 15 is 0 Å². The third-order valence-corrected chi connectivity index (χ3v) is 5.03. The van der Waals surface area contributed by atoms with Gasteiger partial charge in [0.2, 0.25) is 5.91 Å². The van der Waals surface area contributed by atoms with Gasteiger partial charge in [0, 0.05) is 25.5 Å². The van der Waals surface area contributed by atoms with Crippen LogP contribution < -0.4 is 5.32 Å². The molecule has 13 heteroatoms. The van der Waals surface area contributed by atoms with Crippen LogP contribution in [-0.2, 0) is 11.3 Å². The smallest absolute Gasteiger partial charge is 0.344 e. The number of aromatic nitrogens is 5. The third-order valence-electron chi connectivity index (χ3n) is 5.03. The van der Waals surface area contributed by atoms with Gasteiger partial charge in [0.05, 0.1) is 30.3 Å². The van der Waals surface area contributed by atoms with Crippen molar-refractivity contribution in [2.75, 3.05) is 19.6 Å². The minimum Gasteiger partial charge on any atom is -0.344 e. The molecule has 1 aliphatic heterocycles. The van der Waals surface area contributed by atoms with Crippen molar-refractivity contribution in [2.45, 2.75) is 19.6 Å². The molecule has 1 aliphatic rings. The molecule has 1 fully saturated rings. The maximum Gasteiger partial charge on any atom is 0.406 e. The monoisotopic (exact) mass is 446 g/mol. The Kier molecular flexibility index (Phi) is 5.29. The summed E-state index contributed by atoms with van der Waals surface area (Å²) in [6, 6.07) is 2.07. The molecule has 4 heterocycles. The first-order valence-electron chi connectivity index (χ1n) is 9.55. The molecule has 0 unspecified atom stereocenters. The molecule has 0 bridgehead atoms. The van der Waals surface area contributed by atoms with Crippen LogP contribution in [-0.4, -0.2) is 67.0 Å². The predicted octanol–water partition coefficient (Wildman–Crippen LogP) is 1.40. The van der Waals surface area contributed by atoms with Gasteiger partial charge in [0.15, 0.2) is 5.65 Å². The average Bonchev–Trinajstić information content (AvgIpc) is 3.27. The molecule has 32 heavy (non-hydrogen) atoms. The molecule has 0 aromatic carbocycles. The summed E-state index contributed by atoms with van der Waals surface area (Å²) >= 11 is 0. The minimum atomic E-state index is -4.40. The zero-order valence-corrected chi connectivity index (χ0v) is 16.8. The first-order chi connectivity index (χ1) is 15.1. The Labute approximate surface area is 179 Å². The van der Waals surface area contributed by atoms with E-state index in [1.165, 1.54) is 30.4 Å². The number of nitriles is 1. The van der Waals surface area contributed by atoms with Crippen molar-refractivity contribution in [1.82, 2.24) is 34.7 Å². The number of rotatable bonds is 5. The van der Waals surface area contributed by atoms with Crippen molar-refractivity contribution in [3.63, 3.8) is 0 Å². The predicted molar refractivity (Wildman–Crippen MR) is 104 cm³/mol. The Morgan fingerprint density at radius 3 is 2.75 bits per heavy atom. The fraction of sp³-hybridized carbons (Fsp3) is 0.368. The lowest BCUT2D eigenvalue weighted by molar-refractivity contribution is -0.141.